The molecule has 9 heteroatoms. The molecule has 144 valence electrons. The number of aromatic nitrogens is 1. The zero-order valence-electron chi connectivity index (χ0n) is 15.5. The SMILES string of the molecule is CCCNC(=O)[C@@H](C)Sc1nc2cc(S(=O)(=O)N(CC)CC)ccc2o1. The highest BCUT2D eigenvalue weighted by Gasteiger charge is 2.23. The first-order valence-corrected chi connectivity index (χ1v) is 11.0. The molecule has 1 aromatic heterocycles. The van der Waals surface area contributed by atoms with Crippen LogP contribution >= 0.6 is 11.8 Å². The van der Waals surface area contributed by atoms with E-state index in [1.165, 1.54) is 28.2 Å². The maximum Gasteiger partial charge on any atom is 0.257 e. The summed E-state index contributed by atoms with van der Waals surface area (Å²) in [6.45, 7) is 8.81. The average Bonchev–Trinajstić information content (AvgIpc) is 3.01. The maximum absolute atomic E-state index is 12.6. The first-order chi connectivity index (χ1) is 12.3. The quantitative estimate of drug-likeness (QED) is 0.652. The lowest BCUT2D eigenvalue weighted by atomic mass is 10.3. The summed E-state index contributed by atoms with van der Waals surface area (Å²) < 4.78 is 32.3. The molecule has 1 heterocycles. The fourth-order valence-corrected chi connectivity index (χ4v) is 4.67. The fourth-order valence-electron chi connectivity index (χ4n) is 2.41. The summed E-state index contributed by atoms with van der Waals surface area (Å²) >= 11 is 1.21. The van der Waals surface area contributed by atoms with Gasteiger partial charge in [-0.1, -0.05) is 32.5 Å². The summed E-state index contributed by atoms with van der Waals surface area (Å²) in [4.78, 5) is 16.5. The van der Waals surface area contributed by atoms with Gasteiger partial charge in [0.2, 0.25) is 15.9 Å². The molecule has 0 radical (unpaired) electrons. The molecular formula is C17H25N3O4S2. The predicted molar refractivity (Wildman–Crippen MR) is 103 cm³/mol. The Hall–Kier alpha value is -1.58. The van der Waals surface area contributed by atoms with E-state index in [2.05, 4.69) is 10.3 Å². The van der Waals surface area contributed by atoms with Gasteiger partial charge in [-0.2, -0.15) is 4.31 Å². The van der Waals surface area contributed by atoms with Gasteiger partial charge in [0.25, 0.3) is 5.22 Å². The van der Waals surface area contributed by atoms with Crippen molar-refractivity contribution in [3.05, 3.63) is 18.2 Å². The van der Waals surface area contributed by atoms with Crippen LogP contribution in [0, 0.1) is 0 Å². The van der Waals surface area contributed by atoms with E-state index in [1.807, 2.05) is 6.92 Å². The van der Waals surface area contributed by atoms with Gasteiger partial charge in [-0.05, 0) is 31.5 Å². The van der Waals surface area contributed by atoms with Crippen LogP contribution in [-0.4, -0.2) is 48.5 Å². The molecule has 0 aliphatic heterocycles. The number of amides is 1. The van der Waals surface area contributed by atoms with Crippen LogP contribution in [0.1, 0.15) is 34.1 Å². The van der Waals surface area contributed by atoms with Crippen LogP contribution < -0.4 is 5.32 Å². The minimum atomic E-state index is -3.55. The molecule has 0 unspecified atom stereocenters. The number of benzene rings is 1. The lowest BCUT2D eigenvalue weighted by molar-refractivity contribution is -0.120. The van der Waals surface area contributed by atoms with Crippen LogP contribution in [0.25, 0.3) is 11.1 Å². The molecule has 26 heavy (non-hydrogen) atoms. The van der Waals surface area contributed by atoms with E-state index in [4.69, 9.17) is 4.42 Å². The van der Waals surface area contributed by atoms with Crippen LogP contribution in [0.4, 0.5) is 0 Å². The van der Waals surface area contributed by atoms with Gasteiger partial charge in [-0.25, -0.2) is 13.4 Å². The number of rotatable bonds is 9. The third-order valence-electron chi connectivity index (χ3n) is 3.88. The van der Waals surface area contributed by atoms with Gasteiger partial charge >= 0.3 is 0 Å². The van der Waals surface area contributed by atoms with Crippen LogP contribution in [0.5, 0.6) is 0 Å². The van der Waals surface area contributed by atoms with Crippen molar-refractivity contribution in [2.24, 2.45) is 0 Å². The smallest absolute Gasteiger partial charge is 0.257 e. The number of nitrogens with one attached hydrogen (secondary N) is 1. The van der Waals surface area contributed by atoms with Gasteiger partial charge in [0.05, 0.1) is 10.1 Å². The van der Waals surface area contributed by atoms with Crippen LogP contribution in [0.3, 0.4) is 0 Å². The number of thioether (sulfide) groups is 1. The van der Waals surface area contributed by atoms with Gasteiger partial charge < -0.3 is 9.73 Å². The standard InChI is InChI=1S/C17H25N3O4S2/c1-5-10-18-16(21)12(4)25-17-19-14-11-13(8-9-15(14)24-17)26(22,23)20(6-2)7-3/h8-9,11-12H,5-7,10H2,1-4H3,(H,18,21)/t12-/m1/s1. The number of nitrogens with zero attached hydrogens (tertiary/aromatic N) is 2. The maximum atomic E-state index is 12.6. The summed E-state index contributed by atoms with van der Waals surface area (Å²) in [5.41, 5.74) is 0.953. The number of oxazole rings is 1. The molecule has 2 aromatic rings. The number of hydrogen-bond acceptors (Lipinski definition) is 6. The summed E-state index contributed by atoms with van der Waals surface area (Å²) in [5.74, 6) is -0.0797. The molecule has 0 saturated carbocycles. The highest BCUT2D eigenvalue weighted by Crippen LogP contribution is 2.28. The van der Waals surface area contributed by atoms with Gasteiger partial charge in [0.1, 0.15) is 5.52 Å². The molecule has 0 aliphatic carbocycles. The molecule has 1 aromatic carbocycles. The zero-order chi connectivity index (χ0) is 19.3. The zero-order valence-corrected chi connectivity index (χ0v) is 17.1. The minimum Gasteiger partial charge on any atom is -0.431 e. The Bertz CT molecular complexity index is 860. The van der Waals surface area contributed by atoms with E-state index in [0.29, 0.717) is 36.0 Å². The molecule has 0 fully saturated rings. The largest absolute Gasteiger partial charge is 0.431 e. The number of fused-ring (bicyclic) bond motifs is 1. The summed E-state index contributed by atoms with van der Waals surface area (Å²) in [6.07, 6.45) is 0.871. The van der Waals surface area contributed by atoms with E-state index in [-0.39, 0.29) is 16.1 Å². The van der Waals surface area contributed by atoms with E-state index < -0.39 is 10.0 Å². The molecule has 0 saturated heterocycles. The second kappa shape index (κ2) is 8.88. The number of carbonyl (C=O) groups excluding carboxylic acids is 1. The molecule has 1 N–H and O–H groups in total. The third-order valence-corrected chi connectivity index (χ3v) is 6.87. The third kappa shape index (κ3) is 4.57. The summed E-state index contributed by atoms with van der Waals surface area (Å²) in [5, 5.41) is 2.82. The monoisotopic (exact) mass is 399 g/mol. The number of hydrogen-bond donors (Lipinski definition) is 1. The molecule has 0 spiro atoms. The van der Waals surface area contributed by atoms with Crippen molar-refractivity contribution in [2.45, 2.75) is 49.5 Å². The Morgan fingerprint density at radius 3 is 2.62 bits per heavy atom. The van der Waals surface area contributed by atoms with Crippen molar-refractivity contribution < 1.29 is 17.6 Å². The number of sulfonamides is 1. The topological polar surface area (TPSA) is 92.5 Å². The van der Waals surface area contributed by atoms with E-state index in [9.17, 15) is 13.2 Å². The van der Waals surface area contributed by atoms with Gasteiger partial charge in [0, 0.05) is 19.6 Å². The van der Waals surface area contributed by atoms with Gasteiger partial charge in [0.15, 0.2) is 5.58 Å². The number of carbonyl (C=O) groups is 1. The first kappa shape index (κ1) is 20.7. The van der Waals surface area contributed by atoms with Crippen molar-refractivity contribution in [1.29, 1.82) is 0 Å². The highest BCUT2D eigenvalue weighted by molar-refractivity contribution is 8.00. The fraction of sp³-hybridized carbons (Fsp3) is 0.529. The molecule has 1 amide bonds. The average molecular weight is 400 g/mol. The second-order valence-electron chi connectivity index (χ2n) is 5.75. The molecular weight excluding hydrogens is 374 g/mol. The molecule has 1 atom stereocenters. The van der Waals surface area contributed by atoms with Crippen molar-refractivity contribution in [1.82, 2.24) is 14.6 Å². The molecule has 0 bridgehead atoms. The Balaban J connectivity index is 2.23. The summed E-state index contributed by atoms with van der Waals surface area (Å²) in [6, 6.07) is 4.63. The van der Waals surface area contributed by atoms with Crippen LogP contribution in [0.15, 0.2) is 32.7 Å². The van der Waals surface area contributed by atoms with Gasteiger partial charge in [-0.15, -0.1) is 0 Å². The Morgan fingerprint density at radius 2 is 2.00 bits per heavy atom. The minimum absolute atomic E-state index is 0.0797. The van der Waals surface area contributed by atoms with Crippen LogP contribution in [0.2, 0.25) is 0 Å². The first-order valence-electron chi connectivity index (χ1n) is 8.68. The van der Waals surface area contributed by atoms with Crippen molar-refractivity contribution in [2.75, 3.05) is 19.6 Å². The van der Waals surface area contributed by atoms with E-state index >= 15 is 0 Å². The summed E-state index contributed by atoms with van der Waals surface area (Å²) in [7, 11) is -3.55. The molecule has 0 aliphatic rings. The lowest BCUT2D eigenvalue weighted by Crippen LogP contribution is -2.31. The Labute approximate surface area is 158 Å². The second-order valence-corrected chi connectivity index (χ2v) is 8.98. The predicted octanol–water partition coefficient (Wildman–Crippen LogP) is 2.87. The van der Waals surface area contributed by atoms with Gasteiger partial charge in [-0.3, -0.25) is 4.79 Å². The van der Waals surface area contributed by atoms with Crippen LogP contribution in [-0.2, 0) is 14.8 Å². The van der Waals surface area contributed by atoms with E-state index in [1.54, 1.807) is 26.8 Å². The molecule has 7 nitrogen and oxygen atoms in total. The Morgan fingerprint density at radius 1 is 1.31 bits per heavy atom. The lowest BCUT2D eigenvalue weighted by Gasteiger charge is -2.18. The highest BCUT2D eigenvalue weighted by atomic mass is 32.2. The normalized spacial score (nSPS) is 13.3. The van der Waals surface area contributed by atoms with E-state index in [0.717, 1.165) is 6.42 Å². The van der Waals surface area contributed by atoms with Crippen molar-refractivity contribution in [3.8, 4) is 0 Å². The Kier molecular flexibility index (Phi) is 7.08. The van der Waals surface area contributed by atoms with Crippen molar-refractivity contribution in [3.63, 3.8) is 0 Å². The van der Waals surface area contributed by atoms with Crippen molar-refractivity contribution >= 4 is 38.8 Å². The molecule has 2 rings (SSSR count).